The lowest BCUT2D eigenvalue weighted by Crippen LogP contribution is -2.25. The summed E-state index contributed by atoms with van der Waals surface area (Å²) in [4.78, 5) is 0. The van der Waals surface area contributed by atoms with Gasteiger partial charge in [-0.15, -0.1) is 0 Å². The van der Waals surface area contributed by atoms with Gasteiger partial charge in [0.25, 0.3) is 0 Å². The number of hydrogen-bond acceptors (Lipinski definition) is 0. The van der Waals surface area contributed by atoms with Crippen LogP contribution in [0.3, 0.4) is 0 Å². The van der Waals surface area contributed by atoms with Gasteiger partial charge in [-0.3, -0.25) is 4.39 Å². The number of allylic oxidation sites excluding steroid dienone is 2. The van der Waals surface area contributed by atoms with E-state index in [1.165, 1.54) is 64.2 Å². The van der Waals surface area contributed by atoms with Gasteiger partial charge < -0.3 is 0 Å². The van der Waals surface area contributed by atoms with Crippen molar-refractivity contribution in [2.24, 2.45) is 23.7 Å². The zero-order valence-electron chi connectivity index (χ0n) is 14.0. The van der Waals surface area contributed by atoms with Crippen LogP contribution in [0.2, 0.25) is 0 Å². The molecule has 0 saturated heterocycles. The lowest BCUT2D eigenvalue weighted by molar-refractivity contribution is 0.152. The normalized spacial score (nSPS) is 34.4. The minimum Gasteiger partial charge on any atom is -0.251 e. The Morgan fingerprint density at radius 2 is 1.52 bits per heavy atom. The number of unbranched alkanes of at least 4 members (excludes halogenated alkanes) is 1. The van der Waals surface area contributed by atoms with Gasteiger partial charge in [0.2, 0.25) is 0 Å². The fourth-order valence-electron chi connectivity index (χ4n) is 4.65. The van der Waals surface area contributed by atoms with E-state index in [-0.39, 0.29) is 6.67 Å². The van der Waals surface area contributed by atoms with Gasteiger partial charge in [-0.25, -0.2) is 0 Å². The molecular formula is C20H35F. The summed E-state index contributed by atoms with van der Waals surface area (Å²) in [6.07, 6.45) is 20.7. The van der Waals surface area contributed by atoms with Crippen LogP contribution in [0, 0.1) is 23.7 Å². The van der Waals surface area contributed by atoms with E-state index in [0.29, 0.717) is 6.42 Å². The summed E-state index contributed by atoms with van der Waals surface area (Å²) in [7, 11) is 0. The van der Waals surface area contributed by atoms with Crippen LogP contribution in [0.1, 0.15) is 84.0 Å². The Morgan fingerprint density at radius 1 is 0.905 bits per heavy atom. The van der Waals surface area contributed by atoms with Crippen LogP contribution < -0.4 is 0 Å². The van der Waals surface area contributed by atoms with Gasteiger partial charge in [0, 0.05) is 0 Å². The molecule has 0 amide bonds. The van der Waals surface area contributed by atoms with Gasteiger partial charge in [-0.1, -0.05) is 44.8 Å². The molecule has 0 aromatic carbocycles. The van der Waals surface area contributed by atoms with E-state index in [0.717, 1.165) is 30.1 Å². The molecule has 2 aliphatic carbocycles. The van der Waals surface area contributed by atoms with E-state index in [1.807, 2.05) is 0 Å². The van der Waals surface area contributed by atoms with Gasteiger partial charge in [0.15, 0.2) is 0 Å². The lowest BCUT2D eigenvalue weighted by Gasteiger charge is -2.37. The van der Waals surface area contributed by atoms with Crippen molar-refractivity contribution in [2.45, 2.75) is 84.0 Å². The smallest absolute Gasteiger partial charge is 0.0897 e. The predicted octanol–water partition coefficient (Wildman–Crippen LogP) is 6.71. The molecule has 0 aliphatic heterocycles. The van der Waals surface area contributed by atoms with Crippen LogP contribution in [-0.2, 0) is 0 Å². The summed E-state index contributed by atoms with van der Waals surface area (Å²) >= 11 is 0. The molecule has 2 fully saturated rings. The molecule has 0 radical (unpaired) electrons. The van der Waals surface area contributed by atoms with E-state index in [1.54, 1.807) is 0 Å². The molecule has 1 heteroatoms. The van der Waals surface area contributed by atoms with Gasteiger partial charge in [-0.05, 0) is 75.0 Å². The molecule has 21 heavy (non-hydrogen) atoms. The Kier molecular flexibility index (Phi) is 7.82. The maximum atomic E-state index is 12.1. The van der Waals surface area contributed by atoms with Crippen LogP contribution >= 0.6 is 0 Å². The maximum absolute atomic E-state index is 12.1. The number of rotatable bonds is 7. The fraction of sp³-hybridized carbons (Fsp3) is 0.900. The molecule has 0 nitrogen and oxygen atoms in total. The summed E-state index contributed by atoms with van der Waals surface area (Å²) in [6.45, 7) is 2.16. The van der Waals surface area contributed by atoms with Gasteiger partial charge in [-0.2, -0.15) is 0 Å². The summed E-state index contributed by atoms with van der Waals surface area (Å²) in [5.74, 6) is 3.89. The first-order valence-electron chi connectivity index (χ1n) is 9.56. The molecule has 2 saturated carbocycles. The highest BCUT2D eigenvalue weighted by atomic mass is 19.1. The quantitative estimate of drug-likeness (QED) is 0.362. The van der Waals surface area contributed by atoms with Crippen LogP contribution in [0.25, 0.3) is 0 Å². The zero-order chi connectivity index (χ0) is 14.9. The van der Waals surface area contributed by atoms with Crippen molar-refractivity contribution >= 4 is 0 Å². The van der Waals surface area contributed by atoms with Crippen LogP contribution in [-0.4, -0.2) is 6.67 Å². The summed E-state index contributed by atoms with van der Waals surface area (Å²) in [5.41, 5.74) is 0. The number of halogens is 1. The lowest BCUT2D eigenvalue weighted by atomic mass is 9.68. The molecule has 0 bridgehead atoms. The molecule has 2 rings (SSSR count). The second kappa shape index (κ2) is 9.64. The third-order valence-electron chi connectivity index (χ3n) is 5.98. The third kappa shape index (κ3) is 5.75. The Hall–Kier alpha value is -0.330. The Balaban J connectivity index is 1.64. The van der Waals surface area contributed by atoms with Crippen molar-refractivity contribution in [1.82, 2.24) is 0 Å². The highest BCUT2D eigenvalue weighted by Crippen LogP contribution is 2.42. The largest absolute Gasteiger partial charge is 0.251 e. The van der Waals surface area contributed by atoms with Crippen LogP contribution in [0.4, 0.5) is 4.39 Å². The second-order valence-electron chi connectivity index (χ2n) is 7.50. The minimum absolute atomic E-state index is 0.169. The fourth-order valence-corrected chi connectivity index (χ4v) is 4.65. The van der Waals surface area contributed by atoms with Crippen molar-refractivity contribution in [3.05, 3.63) is 12.2 Å². The zero-order valence-corrected chi connectivity index (χ0v) is 14.0. The highest BCUT2D eigenvalue weighted by molar-refractivity contribution is 4.92. The van der Waals surface area contributed by atoms with Crippen LogP contribution in [0.5, 0.6) is 0 Å². The van der Waals surface area contributed by atoms with Crippen molar-refractivity contribution in [3.8, 4) is 0 Å². The van der Waals surface area contributed by atoms with Gasteiger partial charge in [0.1, 0.15) is 0 Å². The Morgan fingerprint density at radius 3 is 2.10 bits per heavy atom. The first kappa shape index (κ1) is 17.0. The standard InChI is InChI=1S/C20H35F/c1-2-6-17-8-12-19(13-9-17)20-14-10-18(11-15-20)7-4-3-5-16-21/h4,7,17-20H,2-3,5-6,8-16H2,1H3/b7-4+. The molecule has 0 aromatic heterocycles. The van der Waals surface area contributed by atoms with Crippen molar-refractivity contribution < 1.29 is 4.39 Å². The van der Waals surface area contributed by atoms with Gasteiger partial charge >= 0.3 is 0 Å². The molecule has 122 valence electrons. The topological polar surface area (TPSA) is 0 Å². The van der Waals surface area contributed by atoms with Crippen LogP contribution in [0.15, 0.2) is 12.2 Å². The SMILES string of the molecule is CCCC1CCC(C2CCC(/C=C/CCCF)CC2)CC1. The predicted molar refractivity (Wildman–Crippen MR) is 90.2 cm³/mol. The van der Waals surface area contributed by atoms with E-state index < -0.39 is 0 Å². The number of hydrogen-bond donors (Lipinski definition) is 0. The summed E-state index contributed by atoms with van der Waals surface area (Å²) in [6, 6.07) is 0. The van der Waals surface area contributed by atoms with E-state index in [9.17, 15) is 4.39 Å². The van der Waals surface area contributed by atoms with E-state index in [4.69, 9.17) is 0 Å². The Labute approximate surface area is 131 Å². The van der Waals surface area contributed by atoms with Gasteiger partial charge in [0.05, 0.1) is 6.67 Å². The van der Waals surface area contributed by atoms with E-state index >= 15 is 0 Å². The first-order chi connectivity index (χ1) is 10.3. The molecule has 0 unspecified atom stereocenters. The van der Waals surface area contributed by atoms with Crippen molar-refractivity contribution in [1.29, 1.82) is 0 Å². The second-order valence-corrected chi connectivity index (χ2v) is 7.50. The molecular weight excluding hydrogens is 259 g/mol. The first-order valence-corrected chi connectivity index (χ1v) is 9.56. The molecule has 0 atom stereocenters. The average Bonchev–Trinajstić information content (AvgIpc) is 2.53. The van der Waals surface area contributed by atoms with E-state index in [2.05, 4.69) is 19.1 Å². The maximum Gasteiger partial charge on any atom is 0.0897 e. The average molecular weight is 294 g/mol. The van der Waals surface area contributed by atoms with Crippen molar-refractivity contribution in [2.75, 3.05) is 6.67 Å². The molecule has 0 aromatic rings. The minimum atomic E-state index is -0.169. The Bertz CT molecular complexity index is 280. The molecule has 2 aliphatic rings. The molecule has 0 heterocycles. The molecule has 0 N–H and O–H groups in total. The summed E-state index contributed by atoms with van der Waals surface area (Å²) < 4.78 is 12.1. The monoisotopic (exact) mass is 294 g/mol. The summed E-state index contributed by atoms with van der Waals surface area (Å²) in [5, 5.41) is 0. The number of alkyl halides is 1. The molecule has 0 spiro atoms. The van der Waals surface area contributed by atoms with Crippen molar-refractivity contribution in [3.63, 3.8) is 0 Å². The highest BCUT2D eigenvalue weighted by Gasteiger charge is 2.29. The third-order valence-corrected chi connectivity index (χ3v) is 5.98.